The molecule has 10 rings (SSSR count). The predicted molar refractivity (Wildman–Crippen MR) is 286 cm³/mol. The molecule has 0 radical (unpaired) electrons. The number of aryl methyl sites for hydroxylation is 3. The van der Waals surface area contributed by atoms with Crippen LogP contribution in [0.4, 0.5) is 0 Å². The maximum absolute atomic E-state index is 5.02. The third kappa shape index (κ3) is 8.89. The van der Waals surface area contributed by atoms with Crippen molar-refractivity contribution >= 4 is 47.8 Å². The van der Waals surface area contributed by atoms with E-state index in [1.54, 1.807) is 0 Å². The second-order valence-corrected chi connectivity index (χ2v) is 19.4. The second kappa shape index (κ2) is 18.7. The van der Waals surface area contributed by atoms with E-state index in [2.05, 4.69) is 214 Å². The molecule has 0 bridgehead atoms. The summed E-state index contributed by atoms with van der Waals surface area (Å²) in [5, 5.41) is 0. The average Bonchev–Trinajstić information content (AvgIpc) is 3.34. The Morgan fingerprint density at radius 1 is 0.258 bits per heavy atom. The Balaban J connectivity index is 1.15. The quantitative estimate of drug-likeness (QED) is 0.145. The monoisotopic (exact) mass is 1040 g/mol. The van der Waals surface area contributed by atoms with Gasteiger partial charge in [0.25, 0.3) is 0 Å². The number of halogens is 3. The van der Waals surface area contributed by atoms with Crippen molar-refractivity contribution in [1.29, 1.82) is 0 Å². The highest BCUT2D eigenvalue weighted by Gasteiger charge is 2.19. The molecule has 3 heterocycles. The second-order valence-electron chi connectivity index (χ2n) is 16.6. The molecule has 7 aromatic carbocycles. The van der Waals surface area contributed by atoms with Crippen molar-refractivity contribution in [1.82, 2.24) is 15.0 Å². The van der Waals surface area contributed by atoms with Crippen molar-refractivity contribution in [2.45, 2.75) is 20.8 Å². The highest BCUT2D eigenvalue weighted by Crippen LogP contribution is 2.44. The molecule has 3 nitrogen and oxygen atoms in total. The molecule has 6 heteroatoms. The van der Waals surface area contributed by atoms with E-state index in [-0.39, 0.29) is 0 Å². The van der Waals surface area contributed by atoms with Gasteiger partial charge in [0.15, 0.2) is 0 Å². The van der Waals surface area contributed by atoms with Crippen LogP contribution in [0.3, 0.4) is 0 Å². The van der Waals surface area contributed by atoms with Gasteiger partial charge in [-0.1, -0.05) is 157 Å². The molecule has 0 unspecified atom stereocenters. The summed E-state index contributed by atoms with van der Waals surface area (Å²) < 4.78 is 3.09. The van der Waals surface area contributed by atoms with E-state index in [9.17, 15) is 0 Å². The fourth-order valence-electron chi connectivity index (χ4n) is 8.93. The molecule has 0 amide bonds. The molecule has 0 aliphatic rings. The Bertz CT molecular complexity index is 3090. The van der Waals surface area contributed by atoms with Crippen LogP contribution < -0.4 is 0 Å². The van der Waals surface area contributed by atoms with Crippen molar-refractivity contribution in [3.8, 4) is 101 Å². The molecular formula is C60H42Br3N3. The number of benzene rings is 7. The summed E-state index contributed by atoms with van der Waals surface area (Å²) in [5.41, 5.74) is 22.9. The maximum atomic E-state index is 5.02. The predicted octanol–water partition coefficient (Wildman–Crippen LogP) is 18.1. The molecule has 66 heavy (non-hydrogen) atoms. The van der Waals surface area contributed by atoms with Crippen LogP contribution in [0.15, 0.2) is 214 Å². The summed E-state index contributed by atoms with van der Waals surface area (Å²) in [7, 11) is 0. The lowest BCUT2D eigenvalue weighted by molar-refractivity contribution is 1.28. The van der Waals surface area contributed by atoms with Gasteiger partial charge >= 0.3 is 0 Å². The lowest BCUT2D eigenvalue weighted by Gasteiger charge is -2.19. The van der Waals surface area contributed by atoms with Gasteiger partial charge in [-0.25, -0.2) is 0 Å². The molecule has 0 saturated carbocycles. The van der Waals surface area contributed by atoms with Crippen LogP contribution in [0.5, 0.6) is 0 Å². The van der Waals surface area contributed by atoms with Gasteiger partial charge < -0.3 is 0 Å². The molecule has 3 aromatic heterocycles. The molecule has 0 atom stereocenters. The normalized spacial score (nSPS) is 11.2. The van der Waals surface area contributed by atoms with Crippen LogP contribution in [0, 0.1) is 20.8 Å². The minimum absolute atomic E-state index is 0.941. The van der Waals surface area contributed by atoms with E-state index in [1.807, 2.05) is 55.0 Å². The van der Waals surface area contributed by atoms with Gasteiger partial charge in [-0.15, -0.1) is 0 Å². The Morgan fingerprint density at radius 3 is 0.788 bits per heavy atom. The summed E-state index contributed by atoms with van der Waals surface area (Å²) in [6.45, 7) is 6.54. The standard InChI is InChI=1S/C60H42Br3N3/c1-37-25-58(40-13-10-16-46(61)31-40)64-34-55(37)52-22-7-4-19-49(52)43-28-44(50-20-5-8-23-53(50)56-35-65-59(26-38(56)2)41-14-11-17-47(62)32-41)30-45(29-43)51-21-6-9-24-54(51)57-36-66-60(27-39(57)3)42-15-12-18-48(63)33-42/h4-36H,1-3H3. The fourth-order valence-corrected chi connectivity index (χ4v) is 10.1. The first-order valence-corrected chi connectivity index (χ1v) is 24.2. The average molecular weight is 1040 g/mol. The van der Waals surface area contributed by atoms with Crippen molar-refractivity contribution in [3.05, 3.63) is 231 Å². The van der Waals surface area contributed by atoms with Gasteiger partial charge in [-0.2, -0.15) is 0 Å². The number of aromatic nitrogens is 3. The van der Waals surface area contributed by atoms with Gasteiger partial charge in [0.05, 0.1) is 17.1 Å². The first-order valence-electron chi connectivity index (χ1n) is 21.8. The van der Waals surface area contributed by atoms with Gasteiger partial charge in [0.2, 0.25) is 0 Å². The number of pyridine rings is 3. The van der Waals surface area contributed by atoms with Crippen LogP contribution in [0.25, 0.3) is 101 Å². The van der Waals surface area contributed by atoms with Gasteiger partial charge in [0.1, 0.15) is 0 Å². The fraction of sp³-hybridized carbons (Fsp3) is 0.0500. The van der Waals surface area contributed by atoms with Crippen molar-refractivity contribution in [2.24, 2.45) is 0 Å². The van der Waals surface area contributed by atoms with E-state index in [0.717, 1.165) is 131 Å². The SMILES string of the molecule is Cc1cc(-c2cccc(Br)c2)ncc1-c1ccccc1-c1cc(-c2ccccc2-c2cnc(-c3cccc(Br)c3)cc2C)cc(-c2ccccc2-c2cnc(-c3cccc(Br)c3)cc2C)c1. The molecule has 0 aliphatic carbocycles. The van der Waals surface area contributed by atoms with Gasteiger partial charge in [0, 0.05) is 65.4 Å². The topological polar surface area (TPSA) is 38.7 Å². The Labute approximate surface area is 411 Å². The summed E-state index contributed by atoms with van der Waals surface area (Å²) in [5.74, 6) is 0. The van der Waals surface area contributed by atoms with Gasteiger partial charge in [-0.05, 0) is 160 Å². The largest absolute Gasteiger partial charge is 0.256 e. The molecule has 0 aliphatic heterocycles. The lowest BCUT2D eigenvalue weighted by Crippen LogP contribution is -1.95. The van der Waals surface area contributed by atoms with Crippen LogP contribution in [0.1, 0.15) is 16.7 Å². The highest BCUT2D eigenvalue weighted by atomic mass is 79.9. The van der Waals surface area contributed by atoms with Crippen LogP contribution in [-0.4, -0.2) is 15.0 Å². The molecule has 0 spiro atoms. The summed E-state index contributed by atoms with van der Waals surface area (Å²) in [4.78, 5) is 15.1. The van der Waals surface area contributed by atoms with Crippen molar-refractivity contribution in [2.75, 3.05) is 0 Å². The molecule has 0 saturated heterocycles. The van der Waals surface area contributed by atoms with E-state index in [1.165, 1.54) is 0 Å². The molecule has 318 valence electrons. The Morgan fingerprint density at radius 2 is 0.530 bits per heavy atom. The van der Waals surface area contributed by atoms with E-state index in [4.69, 9.17) is 15.0 Å². The van der Waals surface area contributed by atoms with Gasteiger partial charge in [-0.3, -0.25) is 15.0 Å². The third-order valence-corrected chi connectivity index (χ3v) is 13.7. The first kappa shape index (κ1) is 43.3. The molecule has 0 N–H and O–H groups in total. The lowest BCUT2D eigenvalue weighted by atomic mass is 9.85. The van der Waals surface area contributed by atoms with E-state index in [0.29, 0.717) is 0 Å². The van der Waals surface area contributed by atoms with Crippen LogP contribution >= 0.6 is 47.8 Å². The third-order valence-electron chi connectivity index (χ3n) is 12.2. The highest BCUT2D eigenvalue weighted by molar-refractivity contribution is 9.11. The minimum Gasteiger partial charge on any atom is -0.256 e. The van der Waals surface area contributed by atoms with E-state index >= 15 is 0 Å². The first-order chi connectivity index (χ1) is 32.2. The molecule has 0 fully saturated rings. The zero-order chi connectivity index (χ0) is 45.3. The summed E-state index contributed by atoms with van der Waals surface area (Å²) in [6, 6.07) is 64.7. The van der Waals surface area contributed by atoms with Crippen molar-refractivity contribution < 1.29 is 0 Å². The minimum atomic E-state index is 0.941. The number of hydrogen-bond donors (Lipinski definition) is 0. The zero-order valence-corrected chi connectivity index (χ0v) is 41.3. The number of nitrogens with zero attached hydrogens (tertiary/aromatic N) is 3. The number of rotatable bonds is 9. The number of hydrogen-bond acceptors (Lipinski definition) is 3. The summed E-state index contributed by atoms with van der Waals surface area (Å²) in [6.07, 6.45) is 6.09. The van der Waals surface area contributed by atoms with Crippen LogP contribution in [0.2, 0.25) is 0 Å². The maximum Gasteiger partial charge on any atom is 0.0705 e. The molecular weight excluding hydrogens is 1000 g/mol. The molecule has 10 aromatic rings. The summed E-state index contributed by atoms with van der Waals surface area (Å²) >= 11 is 10.9. The van der Waals surface area contributed by atoms with Crippen LogP contribution in [-0.2, 0) is 0 Å². The zero-order valence-electron chi connectivity index (χ0n) is 36.5. The Kier molecular flexibility index (Phi) is 12.3. The van der Waals surface area contributed by atoms with Crippen molar-refractivity contribution in [3.63, 3.8) is 0 Å². The van der Waals surface area contributed by atoms with E-state index < -0.39 is 0 Å². The smallest absolute Gasteiger partial charge is 0.0705 e. The Hall–Kier alpha value is -6.57.